The Morgan fingerprint density at radius 3 is 2.74 bits per heavy atom. The molecule has 0 bridgehead atoms. The van der Waals surface area contributed by atoms with Gasteiger partial charge in [-0.25, -0.2) is 0 Å². The largest absolute Gasteiger partial charge is 0.395 e. The summed E-state index contributed by atoms with van der Waals surface area (Å²) in [7, 11) is -3.57. The molecule has 1 aromatic rings. The Kier molecular flexibility index (Phi) is 5.83. The van der Waals surface area contributed by atoms with Crippen LogP contribution < -0.4 is 9.44 Å². The van der Waals surface area contributed by atoms with E-state index in [1.54, 1.807) is 25.1 Å². The zero-order valence-electron chi connectivity index (χ0n) is 11.0. The molecule has 0 saturated heterocycles. The molecule has 0 unspecified atom stereocenters. The molecule has 0 heterocycles. The highest BCUT2D eigenvalue weighted by atomic mass is 32.2. The van der Waals surface area contributed by atoms with Crippen LogP contribution in [0.25, 0.3) is 0 Å². The lowest BCUT2D eigenvalue weighted by Gasteiger charge is -2.10. The van der Waals surface area contributed by atoms with Gasteiger partial charge in [-0.2, -0.15) is 13.1 Å². The summed E-state index contributed by atoms with van der Waals surface area (Å²) in [6.07, 6.45) is 0.355. The molecule has 5 nitrogen and oxygen atoms in total. The molecule has 19 heavy (non-hydrogen) atoms. The van der Waals surface area contributed by atoms with Crippen molar-refractivity contribution in [3.63, 3.8) is 0 Å². The van der Waals surface area contributed by atoms with E-state index in [4.69, 9.17) is 5.11 Å². The van der Waals surface area contributed by atoms with Crippen LogP contribution in [-0.4, -0.2) is 26.7 Å². The third kappa shape index (κ3) is 5.30. The molecule has 1 aromatic carbocycles. The fourth-order valence-corrected chi connectivity index (χ4v) is 2.35. The van der Waals surface area contributed by atoms with Crippen molar-refractivity contribution >= 4 is 15.9 Å². The Labute approximate surface area is 114 Å². The molecule has 0 saturated carbocycles. The van der Waals surface area contributed by atoms with Crippen LogP contribution >= 0.6 is 0 Å². The number of nitrogens with one attached hydrogen (secondary N) is 2. The molecule has 0 aliphatic carbocycles. The quantitative estimate of drug-likeness (QED) is 0.705. The van der Waals surface area contributed by atoms with Crippen LogP contribution in [0.1, 0.15) is 24.5 Å². The Hall–Kier alpha value is -1.55. The molecule has 0 aliphatic heterocycles. The van der Waals surface area contributed by atoms with Crippen LogP contribution in [0.3, 0.4) is 0 Å². The van der Waals surface area contributed by atoms with Gasteiger partial charge < -0.3 is 5.11 Å². The lowest BCUT2D eigenvalue weighted by Crippen LogP contribution is -2.30. The van der Waals surface area contributed by atoms with E-state index in [0.717, 1.165) is 5.56 Å². The fraction of sp³-hybridized carbons (Fsp3) is 0.385. The minimum atomic E-state index is -3.57. The minimum Gasteiger partial charge on any atom is -0.395 e. The number of anilines is 1. The maximum Gasteiger partial charge on any atom is 0.299 e. The lowest BCUT2D eigenvalue weighted by atomic mass is 10.1. The normalized spacial score (nSPS) is 10.7. The summed E-state index contributed by atoms with van der Waals surface area (Å²) < 4.78 is 28.1. The van der Waals surface area contributed by atoms with Gasteiger partial charge in [0.2, 0.25) is 0 Å². The number of benzene rings is 1. The summed E-state index contributed by atoms with van der Waals surface area (Å²) in [5.41, 5.74) is 2.01. The SMILES string of the molecule is CCNS(=O)(=O)Nc1ccc(C)cc1C#CCCO. The van der Waals surface area contributed by atoms with E-state index in [-0.39, 0.29) is 6.61 Å². The second-order valence-electron chi connectivity index (χ2n) is 3.93. The maximum atomic E-state index is 11.7. The van der Waals surface area contributed by atoms with Crippen LogP contribution in [0.5, 0.6) is 0 Å². The predicted molar refractivity (Wildman–Crippen MR) is 76.0 cm³/mol. The number of hydrogen-bond donors (Lipinski definition) is 3. The smallest absolute Gasteiger partial charge is 0.299 e. The molecule has 104 valence electrons. The molecule has 6 heteroatoms. The van der Waals surface area contributed by atoms with Crippen molar-refractivity contribution in [1.29, 1.82) is 0 Å². The van der Waals surface area contributed by atoms with Gasteiger partial charge >= 0.3 is 0 Å². The number of rotatable bonds is 5. The van der Waals surface area contributed by atoms with Gasteiger partial charge in [0.15, 0.2) is 0 Å². The van der Waals surface area contributed by atoms with Crippen molar-refractivity contribution in [2.24, 2.45) is 0 Å². The maximum absolute atomic E-state index is 11.7. The van der Waals surface area contributed by atoms with Crippen molar-refractivity contribution in [3.8, 4) is 11.8 Å². The van der Waals surface area contributed by atoms with E-state index >= 15 is 0 Å². The van der Waals surface area contributed by atoms with Gasteiger partial charge in [-0.1, -0.05) is 24.8 Å². The molecular weight excluding hydrogens is 264 g/mol. The van der Waals surface area contributed by atoms with E-state index in [1.807, 2.05) is 6.92 Å². The van der Waals surface area contributed by atoms with Gasteiger partial charge in [-0.15, -0.1) is 0 Å². The fourth-order valence-electron chi connectivity index (χ4n) is 1.43. The second-order valence-corrected chi connectivity index (χ2v) is 5.43. The van der Waals surface area contributed by atoms with E-state index in [2.05, 4.69) is 21.3 Å². The Bertz CT molecular complexity index is 586. The summed E-state index contributed by atoms with van der Waals surface area (Å²) in [6.45, 7) is 3.90. The molecule has 0 radical (unpaired) electrons. The minimum absolute atomic E-state index is 0.0166. The van der Waals surface area contributed by atoms with Crippen molar-refractivity contribution in [1.82, 2.24) is 4.72 Å². The highest BCUT2D eigenvalue weighted by Crippen LogP contribution is 2.17. The third-order valence-corrected chi connectivity index (χ3v) is 3.37. The first-order chi connectivity index (χ1) is 8.98. The summed E-state index contributed by atoms with van der Waals surface area (Å²) in [5.74, 6) is 5.64. The number of aryl methyl sites for hydroxylation is 1. The van der Waals surface area contributed by atoms with Gasteiger partial charge in [0, 0.05) is 18.5 Å². The van der Waals surface area contributed by atoms with E-state index in [9.17, 15) is 8.42 Å². The molecule has 0 amide bonds. The first-order valence-electron chi connectivity index (χ1n) is 5.96. The Balaban J connectivity index is 3.04. The van der Waals surface area contributed by atoms with Crippen molar-refractivity contribution in [2.75, 3.05) is 17.9 Å². The van der Waals surface area contributed by atoms with Gasteiger partial charge in [-0.3, -0.25) is 4.72 Å². The average Bonchev–Trinajstić information content (AvgIpc) is 2.32. The number of aliphatic hydroxyl groups is 1. The average molecular weight is 282 g/mol. The highest BCUT2D eigenvalue weighted by molar-refractivity contribution is 7.90. The van der Waals surface area contributed by atoms with E-state index in [0.29, 0.717) is 24.2 Å². The highest BCUT2D eigenvalue weighted by Gasteiger charge is 2.10. The topological polar surface area (TPSA) is 78.4 Å². The van der Waals surface area contributed by atoms with E-state index in [1.165, 1.54) is 0 Å². The standard InChI is InChI=1S/C13H18N2O3S/c1-3-14-19(17,18)15-13-8-7-11(2)10-12(13)6-4-5-9-16/h7-8,10,14-16H,3,5,9H2,1-2H3. The van der Waals surface area contributed by atoms with Crippen LogP contribution in [0.15, 0.2) is 18.2 Å². The van der Waals surface area contributed by atoms with E-state index < -0.39 is 10.2 Å². The van der Waals surface area contributed by atoms with Crippen LogP contribution in [0, 0.1) is 18.8 Å². The summed E-state index contributed by atoms with van der Waals surface area (Å²) in [5, 5.41) is 8.70. The summed E-state index contributed by atoms with van der Waals surface area (Å²) in [4.78, 5) is 0. The summed E-state index contributed by atoms with van der Waals surface area (Å²) >= 11 is 0. The van der Waals surface area contributed by atoms with Gasteiger partial charge in [0.05, 0.1) is 12.3 Å². The van der Waals surface area contributed by atoms with Crippen LogP contribution in [0.2, 0.25) is 0 Å². The van der Waals surface area contributed by atoms with Gasteiger partial charge in [0.1, 0.15) is 0 Å². The Morgan fingerprint density at radius 2 is 2.11 bits per heavy atom. The zero-order chi connectivity index (χ0) is 14.3. The molecule has 3 N–H and O–H groups in total. The monoisotopic (exact) mass is 282 g/mol. The number of aliphatic hydroxyl groups excluding tert-OH is 1. The molecular formula is C13H18N2O3S. The van der Waals surface area contributed by atoms with Crippen molar-refractivity contribution < 1.29 is 13.5 Å². The van der Waals surface area contributed by atoms with Crippen molar-refractivity contribution in [2.45, 2.75) is 20.3 Å². The first-order valence-corrected chi connectivity index (χ1v) is 7.44. The molecule has 0 aromatic heterocycles. The van der Waals surface area contributed by atoms with Crippen molar-refractivity contribution in [3.05, 3.63) is 29.3 Å². The summed E-state index contributed by atoms with van der Waals surface area (Å²) in [6, 6.07) is 5.28. The molecule has 0 spiro atoms. The first kappa shape index (κ1) is 15.5. The Morgan fingerprint density at radius 1 is 1.37 bits per heavy atom. The molecule has 0 fully saturated rings. The van der Waals surface area contributed by atoms with Crippen LogP contribution in [-0.2, 0) is 10.2 Å². The lowest BCUT2D eigenvalue weighted by molar-refractivity contribution is 0.305. The van der Waals surface area contributed by atoms with Crippen LogP contribution in [0.4, 0.5) is 5.69 Å². The molecule has 1 rings (SSSR count). The van der Waals surface area contributed by atoms with Gasteiger partial charge in [-0.05, 0) is 24.6 Å². The van der Waals surface area contributed by atoms with Gasteiger partial charge in [0.25, 0.3) is 10.2 Å². The predicted octanol–water partition coefficient (Wildman–Crippen LogP) is 0.995. The molecule has 0 atom stereocenters. The zero-order valence-corrected chi connectivity index (χ0v) is 11.8. The third-order valence-electron chi connectivity index (χ3n) is 2.21. The molecule has 0 aliphatic rings. The number of hydrogen-bond acceptors (Lipinski definition) is 3. The second kappa shape index (κ2) is 7.14.